The van der Waals surface area contributed by atoms with Crippen LogP contribution in [0, 0.1) is 11.8 Å². The first-order chi connectivity index (χ1) is 36.5. The predicted molar refractivity (Wildman–Crippen MR) is 276 cm³/mol. The first-order valence-electron chi connectivity index (χ1n) is 29.1. The zero-order valence-corrected chi connectivity index (χ0v) is 46.3. The Morgan fingerprint density at radius 2 is 1.05 bits per heavy atom. The molecule has 14 aliphatic rings. The van der Waals surface area contributed by atoms with Gasteiger partial charge in [0.2, 0.25) is 0 Å². The Labute approximate surface area is 466 Å². The number of ketones is 3. The summed E-state index contributed by atoms with van der Waals surface area (Å²) in [5, 5.41) is 70.3. The lowest BCUT2D eigenvalue weighted by atomic mass is 9.48. The second-order valence-electron chi connectivity index (χ2n) is 26.5. The molecule has 0 aromatic heterocycles. The predicted octanol–water partition coefficient (Wildman–Crippen LogP) is 2.16. The molecule has 16 heteroatoms. The molecule has 3 aromatic carbocycles. The number of nitrogens with one attached hydrogen (secondary N) is 1. The quantitative estimate of drug-likeness (QED) is 0.147. The largest absolute Gasteiger partial charge is 1.00 e. The lowest BCUT2D eigenvalue weighted by Gasteiger charge is -2.64. The van der Waals surface area contributed by atoms with Gasteiger partial charge in [-0.2, -0.15) is 0 Å². The van der Waals surface area contributed by atoms with Crippen molar-refractivity contribution in [3.05, 3.63) is 69.8 Å². The van der Waals surface area contributed by atoms with Gasteiger partial charge in [0, 0.05) is 73.3 Å². The maximum absolute atomic E-state index is 12.9. The Balaban J connectivity index is 0.000000106. The average Bonchev–Trinajstić information content (AvgIpc) is 3.30. The molecule has 5 saturated carbocycles. The number of aromatic hydroxyl groups is 3. The smallest absolute Gasteiger partial charge is 0.174 e. The molecule has 15 nitrogen and oxygen atoms in total. The molecule has 8 fully saturated rings. The molecular formula is C61H74IN3O12. The molecule has 0 radical (unpaired) electrons. The maximum Gasteiger partial charge on any atom is 0.174 e. The summed E-state index contributed by atoms with van der Waals surface area (Å²) in [5.41, 5.74) is 1.26. The van der Waals surface area contributed by atoms with Crippen molar-refractivity contribution in [2.45, 2.75) is 198 Å². The highest BCUT2D eigenvalue weighted by molar-refractivity contribution is 5.92. The van der Waals surface area contributed by atoms with Crippen molar-refractivity contribution in [1.29, 1.82) is 0 Å². The fourth-order valence-corrected chi connectivity index (χ4v) is 20.2. The van der Waals surface area contributed by atoms with Crippen LogP contribution in [0.25, 0.3) is 0 Å². The van der Waals surface area contributed by atoms with Crippen molar-refractivity contribution in [3.8, 4) is 34.5 Å². The molecule has 3 aromatic rings. The number of aliphatic hydroxyl groups is 3. The molecule has 412 valence electrons. The number of likely N-dealkylation sites (N-methyl/N-ethyl adjacent to an activating group) is 1. The highest BCUT2D eigenvalue weighted by atomic mass is 127. The summed E-state index contributed by atoms with van der Waals surface area (Å²) >= 11 is 0. The van der Waals surface area contributed by atoms with Crippen molar-refractivity contribution in [2.24, 2.45) is 11.8 Å². The molecule has 0 unspecified atom stereocenters. The van der Waals surface area contributed by atoms with Crippen LogP contribution in [0.1, 0.15) is 143 Å². The summed E-state index contributed by atoms with van der Waals surface area (Å²) in [6, 6.07) is 11.0. The molecule has 6 heterocycles. The van der Waals surface area contributed by atoms with E-state index < -0.39 is 51.4 Å². The van der Waals surface area contributed by atoms with Crippen LogP contribution >= 0.6 is 0 Å². The van der Waals surface area contributed by atoms with Gasteiger partial charge in [-0.25, -0.2) is 0 Å². The standard InChI is InChI=1S/C23H29NO4.C22H27NO4.C16H17NO4.HI/c1-24(13-14-4-2-3-5-14)11-10-22-19-15-6-7-16(25)20(19)28-21(22)17(26)8-9-23(22,27)18(24)12-15;24-15-6-5-14-11-17-22(26)8-7-16(25)20-21(22,18(14)19(15)27-20)9-10-23(17)12-13-3-1-2-4-13;18-9-2-1-8-7-11-16(20)4-3-10(19)14-15(16,5-6-17-11)12(8)13(9)21-14;/h6-7,14,18,21,27H,2-5,8-13H2,1H3;5-6,13,17,20,24,26H,1-4,7-12H2;1-2,11,14,17-18,20H,3-7H2;1H/t18-,21+,22+,23-,24-;17-,20+,21+,22-;11-,14+,15+,16-;/m111./s1. The van der Waals surface area contributed by atoms with Gasteiger partial charge in [0.1, 0.15) is 11.6 Å². The molecule has 17 rings (SSSR count). The zero-order valence-electron chi connectivity index (χ0n) is 44.2. The third-order valence-corrected chi connectivity index (χ3v) is 23.5. The number of halogens is 1. The summed E-state index contributed by atoms with van der Waals surface area (Å²) < 4.78 is 19.0. The van der Waals surface area contributed by atoms with E-state index in [2.05, 4.69) is 17.3 Å². The van der Waals surface area contributed by atoms with Crippen LogP contribution in [-0.2, 0) is 49.9 Å². The van der Waals surface area contributed by atoms with Crippen molar-refractivity contribution < 1.29 is 87.7 Å². The maximum atomic E-state index is 12.9. The number of hydrogen-bond donors (Lipinski definition) is 7. The van der Waals surface area contributed by atoms with Gasteiger partial charge in [0.15, 0.2) is 70.2 Å². The van der Waals surface area contributed by atoms with Crippen LogP contribution in [0.5, 0.6) is 34.5 Å². The summed E-state index contributed by atoms with van der Waals surface area (Å²) in [4.78, 5) is 40.6. The molecule has 8 aliphatic carbocycles. The number of ether oxygens (including phenoxy) is 3. The van der Waals surface area contributed by atoms with Crippen LogP contribution in [0.2, 0.25) is 0 Å². The van der Waals surface area contributed by atoms with Gasteiger partial charge in [-0.15, -0.1) is 0 Å². The fourth-order valence-electron chi connectivity index (χ4n) is 20.2. The number of piperidine rings is 3. The van der Waals surface area contributed by atoms with E-state index in [1.54, 1.807) is 18.2 Å². The first-order valence-corrected chi connectivity index (χ1v) is 29.1. The van der Waals surface area contributed by atoms with E-state index in [4.69, 9.17) is 14.2 Å². The molecule has 3 spiro atoms. The van der Waals surface area contributed by atoms with Gasteiger partial charge >= 0.3 is 0 Å². The molecule has 77 heavy (non-hydrogen) atoms. The number of carbonyl (C=O) groups is 3. The monoisotopic (exact) mass is 1170 g/mol. The van der Waals surface area contributed by atoms with E-state index in [0.29, 0.717) is 68.6 Å². The number of phenolic OH excluding ortho intramolecular Hbond substituents is 3. The topological polar surface area (TPSA) is 216 Å². The van der Waals surface area contributed by atoms with Gasteiger partial charge in [-0.05, 0) is 125 Å². The van der Waals surface area contributed by atoms with Crippen molar-refractivity contribution >= 4 is 17.3 Å². The number of quaternary nitrogens is 1. The van der Waals surface area contributed by atoms with Gasteiger partial charge in [0.05, 0.1) is 47.6 Å². The highest BCUT2D eigenvalue weighted by Gasteiger charge is 2.78. The number of Topliss-reactive ketones (excluding diaryl/α,β-unsaturated/α-hetero) is 3. The minimum Gasteiger partial charge on any atom is -1.00 e. The Hall–Kier alpha value is -4.04. The molecule has 6 bridgehead atoms. The Morgan fingerprint density at radius 1 is 0.584 bits per heavy atom. The average molecular weight is 1170 g/mol. The molecule has 6 aliphatic heterocycles. The fraction of sp³-hybridized carbons (Fsp3) is 0.656. The Kier molecular flexibility index (Phi) is 11.5. The second-order valence-corrected chi connectivity index (χ2v) is 26.5. The minimum atomic E-state index is -0.962. The van der Waals surface area contributed by atoms with Crippen molar-refractivity contribution in [3.63, 3.8) is 0 Å². The molecule has 0 amide bonds. The normalized spacial score (nSPS) is 41.5. The van der Waals surface area contributed by atoms with Gasteiger partial charge < -0.3 is 78.6 Å². The highest BCUT2D eigenvalue weighted by Crippen LogP contribution is 2.68. The van der Waals surface area contributed by atoms with Crippen molar-refractivity contribution in [2.75, 3.05) is 39.8 Å². The van der Waals surface area contributed by atoms with Gasteiger partial charge in [-0.1, -0.05) is 43.9 Å². The number of likely N-dealkylation sites (tertiary alicyclic amines) is 2. The van der Waals surface area contributed by atoms with Crippen LogP contribution in [0.3, 0.4) is 0 Å². The Bertz CT molecular complexity index is 3030. The summed E-state index contributed by atoms with van der Waals surface area (Å²) in [7, 11) is 2.33. The number of nitrogens with zero attached hydrogens (tertiary/aromatic N) is 2. The molecule has 7 N–H and O–H groups in total. The number of carbonyl (C=O) groups excluding carboxylic acids is 3. The molecular weight excluding hydrogens is 1090 g/mol. The van der Waals surface area contributed by atoms with Crippen LogP contribution < -0.4 is 43.5 Å². The van der Waals surface area contributed by atoms with Gasteiger partial charge in [0.25, 0.3) is 0 Å². The first kappa shape index (κ1) is 51.1. The molecule has 3 saturated heterocycles. The number of rotatable bonds is 4. The summed E-state index contributed by atoms with van der Waals surface area (Å²) in [5.74, 6) is 3.30. The zero-order chi connectivity index (χ0) is 52.1. The number of benzene rings is 3. The van der Waals surface area contributed by atoms with Crippen LogP contribution in [0.15, 0.2) is 36.4 Å². The number of hydrogen-bond acceptors (Lipinski definition) is 14. The minimum absolute atomic E-state index is 0. The van der Waals surface area contributed by atoms with E-state index >= 15 is 0 Å². The van der Waals surface area contributed by atoms with E-state index in [-0.39, 0.29) is 76.7 Å². The van der Waals surface area contributed by atoms with Crippen molar-refractivity contribution in [1.82, 2.24) is 10.2 Å². The second kappa shape index (κ2) is 17.2. The lowest BCUT2D eigenvalue weighted by Crippen LogP contribution is -3.00. The number of phenols is 3. The van der Waals surface area contributed by atoms with E-state index in [1.165, 1.54) is 51.4 Å². The van der Waals surface area contributed by atoms with E-state index in [9.17, 15) is 45.0 Å². The summed E-state index contributed by atoms with van der Waals surface area (Å²) in [6.07, 6.45) is 15.6. The van der Waals surface area contributed by atoms with E-state index in [1.807, 2.05) is 18.2 Å². The Morgan fingerprint density at radius 3 is 1.61 bits per heavy atom. The van der Waals surface area contributed by atoms with Crippen LogP contribution in [-0.4, -0.2) is 150 Å². The third-order valence-electron chi connectivity index (χ3n) is 23.5. The summed E-state index contributed by atoms with van der Waals surface area (Å²) in [6.45, 7) is 4.80. The third kappa shape index (κ3) is 6.38. The SMILES string of the molecule is C[N@+]1(CC2CCCC2)CC[C@]23c4c5ccc(O)c4O[C@H]2C(=O)CC[C@@]3(O)[C@H]1C5.O=C1CC[C@@]2(O)[C@H]3Cc4ccc(O)c5c4[C@@]2(CCN3)[C@H]1O5.O=C1CC[C@@]2(O)[C@H]3Cc4ccc(O)c5c4[C@@]2(CCN3CC2CCCC2)[C@H]1O5.[I-]. The lowest BCUT2D eigenvalue weighted by molar-refractivity contribution is -0.951. The van der Waals surface area contributed by atoms with Gasteiger partial charge in [-0.3, -0.25) is 19.3 Å². The van der Waals surface area contributed by atoms with Crippen LogP contribution in [0.4, 0.5) is 0 Å². The molecule has 13 atom stereocenters. The van der Waals surface area contributed by atoms with E-state index in [0.717, 1.165) is 108 Å².